The van der Waals surface area contributed by atoms with E-state index in [0.717, 1.165) is 0 Å². The average molecular weight is 408 g/mol. The fourth-order valence-corrected chi connectivity index (χ4v) is 4.51. The highest BCUT2D eigenvalue weighted by Crippen LogP contribution is 2.57. The lowest BCUT2D eigenvalue weighted by Crippen LogP contribution is -2.58. The van der Waals surface area contributed by atoms with Crippen molar-refractivity contribution in [2.45, 2.75) is 48.4 Å². The van der Waals surface area contributed by atoms with Crippen molar-refractivity contribution in [1.82, 2.24) is 0 Å². The Morgan fingerprint density at radius 1 is 1.27 bits per heavy atom. The quantitative estimate of drug-likeness (QED) is 0.393. The largest absolute Gasteiger partial charge is 0.453 e. The number of fused-ring (bicyclic) bond motifs is 3. The lowest BCUT2D eigenvalue weighted by Gasteiger charge is -2.39. The Morgan fingerprint density at radius 2 is 1.92 bits per heavy atom. The molecule has 8 nitrogen and oxygen atoms in total. The van der Waals surface area contributed by atoms with Crippen LogP contribution in [0.25, 0.3) is 0 Å². The molecule has 1 heterocycles. The zero-order chi connectivity index (χ0) is 19.5. The first kappa shape index (κ1) is 19.7. The van der Waals surface area contributed by atoms with E-state index >= 15 is 0 Å². The first-order chi connectivity index (χ1) is 11.9. The third-order valence-electron chi connectivity index (χ3n) is 5.13. The maximum Gasteiger partial charge on any atom is 0.451 e. The number of hydrogen-bond acceptors (Lipinski definition) is 7. The fourth-order valence-electron chi connectivity index (χ4n) is 3.96. The smallest absolute Gasteiger partial charge is 0.451 e. The van der Waals surface area contributed by atoms with Gasteiger partial charge in [-0.3, -0.25) is 4.55 Å². The monoisotopic (exact) mass is 408 g/mol. The third kappa shape index (κ3) is 2.63. The number of halogens is 4. The molecule has 2 N–H and O–H groups in total. The van der Waals surface area contributed by atoms with Crippen LogP contribution in [0.15, 0.2) is 0 Å². The van der Waals surface area contributed by atoms with Gasteiger partial charge in [0.2, 0.25) is 5.79 Å². The van der Waals surface area contributed by atoms with E-state index in [1.807, 2.05) is 0 Å². The van der Waals surface area contributed by atoms with Crippen molar-refractivity contribution in [3.8, 4) is 0 Å². The maximum absolute atomic E-state index is 14.2. The maximum atomic E-state index is 14.2. The molecule has 3 fully saturated rings. The Hall–Kier alpha value is -1.02. The average Bonchev–Trinajstić information content (AvgIpc) is 3.21. The number of ether oxygens (including phenoxy) is 3. The number of aliphatic hydroxyl groups excluding tert-OH is 1. The van der Waals surface area contributed by atoms with Crippen molar-refractivity contribution in [3.63, 3.8) is 0 Å². The second-order valence-electron chi connectivity index (χ2n) is 6.62. The van der Waals surface area contributed by atoms with Gasteiger partial charge in [0.1, 0.15) is 6.10 Å². The number of alkyl halides is 4. The van der Waals surface area contributed by atoms with Gasteiger partial charge in [0.25, 0.3) is 0 Å². The van der Waals surface area contributed by atoms with E-state index in [-0.39, 0.29) is 12.5 Å². The van der Waals surface area contributed by atoms with Crippen molar-refractivity contribution < 1.29 is 54.6 Å². The highest BCUT2D eigenvalue weighted by Gasteiger charge is 2.74. The Morgan fingerprint density at radius 3 is 2.42 bits per heavy atom. The summed E-state index contributed by atoms with van der Waals surface area (Å²) in [7, 11) is -6.51. The Balaban J connectivity index is 1.90. The molecule has 150 valence electrons. The van der Waals surface area contributed by atoms with Gasteiger partial charge < -0.3 is 19.3 Å². The predicted octanol–water partition coefficient (Wildman–Crippen LogP) is 0.548. The molecule has 3 aliphatic rings. The number of aliphatic hydroxyl groups is 1. The summed E-state index contributed by atoms with van der Waals surface area (Å²) in [5, 5.41) is 3.53. The summed E-state index contributed by atoms with van der Waals surface area (Å²) in [6.45, 7) is -0.577. The highest BCUT2D eigenvalue weighted by atomic mass is 32.2. The van der Waals surface area contributed by atoms with Crippen LogP contribution in [0.2, 0.25) is 0 Å². The van der Waals surface area contributed by atoms with Crippen LogP contribution in [-0.4, -0.2) is 66.4 Å². The number of rotatable bonds is 4. The standard InChI is InChI=1S/C13H16F4O8S/c14-12(13(15,16)17,26(20,21)22)10(19)24-9-6-1-2-7(3-6)11(9)23-5-8(4-18)25-11/h6-9,18H,1-5H2,(H,20,21,22). The fraction of sp³-hybridized carbons (Fsp3) is 0.923. The molecule has 1 saturated heterocycles. The molecule has 0 aromatic carbocycles. The molecule has 6 atom stereocenters. The SMILES string of the molecule is O=C(OC1C2CCC(C2)C12OCC(CO)O2)C(F)(C(F)(F)F)S(=O)(=O)O. The molecule has 2 aliphatic carbocycles. The molecule has 2 bridgehead atoms. The van der Waals surface area contributed by atoms with Gasteiger partial charge >= 0.3 is 27.3 Å². The molecule has 0 amide bonds. The summed E-state index contributed by atoms with van der Waals surface area (Å²) in [4.78, 5) is 11.9. The predicted molar refractivity (Wildman–Crippen MR) is 72.8 cm³/mol. The van der Waals surface area contributed by atoms with Crippen LogP contribution in [0.3, 0.4) is 0 Å². The lowest BCUT2D eigenvalue weighted by molar-refractivity contribution is -0.270. The van der Waals surface area contributed by atoms with Gasteiger partial charge in [0.15, 0.2) is 6.10 Å². The summed E-state index contributed by atoms with van der Waals surface area (Å²) in [6.07, 6.45) is -7.23. The summed E-state index contributed by atoms with van der Waals surface area (Å²) < 4.78 is 99.0. The van der Waals surface area contributed by atoms with Gasteiger partial charge in [-0.15, -0.1) is 0 Å². The van der Waals surface area contributed by atoms with Gasteiger partial charge in [-0.1, -0.05) is 0 Å². The number of esters is 1. The summed E-state index contributed by atoms with van der Waals surface area (Å²) in [6, 6.07) is 0. The molecule has 13 heteroatoms. The first-order valence-electron chi connectivity index (χ1n) is 7.73. The topological polar surface area (TPSA) is 119 Å². The first-order valence-corrected chi connectivity index (χ1v) is 9.17. The lowest BCUT2D eigenvalue weighted by atomic mass is 9.91. The summed E-state index contributed by atoms with van der Waals surface area (Å²) >= 11 is 0. The molecule has 0 aromatic rings. The van der Waals surface area contributed by atoms with Crippen LogP contribution in [-0.2, 0) is 29.1 Å². The van der Waals surface area contributed by atoms with Crippen molar-refractivity contribution in [2.24, 2.45) is 11.8 Å². The zero-order valence-corrected chi connectivity index (χ0v) is 13.9. The number of hydrogen-bond donors (Lipinski definition) is 2. The third-order valence-corrected chi connectivity index (χ3v) is 6.24. The second-order valence-corrected chi connectivity index (χ2v) is 8.13. The molecule has 0 aromatic heterocycles. The minimum Gasteiger partial charge on any atom is -0.453 e. The summed E-state index contributed by atoms with van der Waals surface area (Å²) in [5.74, 6) is -5.37. The van der Waals surface area contributed by atoms with Crippen LogP contribution in [0.5, 0.6) is 0 Å². The molecular weight excluding hydrogens is 392 g/mol. The molecule has 6 unspecified atom stereocenters. The second kappa shape index (κ2) is 5.99. The van der Waals surface area contributed by atoms with Gasteiger partial charge in [-0.2, -0.15) is 21.6 Å². The van der Waals surface area contributed by atoms with E-state index in [4.69, 9.17) is 19.1 Å². The Labute approximate surface area is 145 Å². The van der Waals surface area contributed by atoms with Crippen molar-refractivity contribution in [3.05, 3.63) is 0 Å². The minimum absolute atomic E-state index is 0.119. The van der Waals surface area contributed by atoms with E-state index < -0.39 is 57.8 Å². The Kier molecular flexibility index (Phi) is 4.55. The van der Waals surface area contributed by atoms with Crippen LogP contribution in [0.4, 0.5) is 17.6 Å². The molecule has 3 rings (SSSR count). The van der Waals surface area contributed by atoms with Crippen LogP contribution < -0.4 is 0 Å². The highest BCUT2D eigenvalue weighted by molar-refractivity contribution is 7.88. The van der Waals surface area contributed by atoms with Gasteiger partial charge in [-0.05, 0) is 19.3 Å². The minimum atomic E-state index is -6.51. The van der Waals surface area contributed by atoms with Gasteiger partial charge in [-0.25, -0.2) is 9.18 Å². The number of carbonyl (C=O) groups is 1. The van der Waals surface area contributed by atoms with Crippen molar-refractivity contribution >= 4 is 16.1 Å². The van der Waals surface area contributed by atoms with Crippen LogP contribution >= 0.6 is 0 Å². The van der Waals surface area contributed by atoms with E-state index in [0.29, 0.717) is 19.3 Å². The molecule has 1 aliphatic heterocycles. The molecule has 26 heavy (non-hydrogen) atoms. The summed E-state index contributed by atoms with van der Waals surface area (Å²) in [5.41, 5.74) is 0. The van der Waals surface area contributed by atoms with Crippen LogP contribution in [0.1, 0.15) is 19.3 Å². The number of carbonyl (C=O) groups excluding carboxylic acids is 1. The van der Waals surface area contributed by atoms with E-state index in [9.17, 15) is 30.8 Å². The molecular formula is C13H16F4O8S. The molecule has 0 radical (unpaired) electrons. The van der Waals surface area contributed by atoms with E-state index in [1.165, 1.54) is 0 Å². The van der Waals surface area contributed by atoms with E-state index in [2.05, 4.69) is 4.74 Å². The van der Waals surface area contributed by atoms with Gasteiger partial charge in [0, 0.05) is 11.8 Å². The molecule has 2 saturated carbocycles. The van der Waals surface area contributed by atoms with Crippen molar-refractivity contribution in [2.75, 3.05) is 13.2 Å². The zero-order valence-electron chi connectivity index (χ0n) is 13.1. The molecule has 1 spiro atoms. The van der Waals surface area contributed by atoms with Gasteiger partial charge in [0.05, 0.1) is 13.2 Å². The van der Waals surface area contributed by atoms with Crippen molar-refractivity contribution in [1.29, 1.82) is 0 Å². The van der Waals surface area contributed by atoms with Crippen LogP contribution in [0, 0.1) is 11.8 Å². The van der Waals surface area contributed by atoms with E-state index in [1.54, 1.807) is 0 Å². The Bertz CT molecular complexity index is 697. The normalized spacial score (nSPS) is 39.3.